The number of hydrogen-bond donors (Lipinski definition) is 1. The third-order valence-corrected chi connectivity index (χ3v) is 3.38. The standard InChI is InChI=1S/C10H7N3O3S/c11-5-8-1-3-10(4-2-8)17(14,15)13-9-6-12-16-7-9/h1-4,6-7,13H. The van der Waals surface area contributed by atoms with Gasteiger partial charge in [-0.05, 0) is 24.3 Å². The van der Waals surface area contributed by atoms with Gasteiger partial charge in [0.1, 0.15) is 12.0 Å². The summed E-state index contributed by atoms with van der Waals surface area (Å²) < 4.78 is 30.5. The van der Waals surface area contributed by atoms with E-state index >= 15 is 0 Å². The summed E-state index contributed by atoms with van der Waals surface area (Å²) in [6.07, 6.45) is 2.43. The zero-order chi connectivity index (χ0) is 12.3. The van der Waals surface area contributed by atoms with Crippen molar-refractivity contribution in [2.75, 3.05) is 4.72 Å². The molecule has 0 aliphatic heterocycles. The van der Waals surface area contributed by atoms with Crippen molar-refractivity contribution in [3.8, 4) is 6.07 Å². The van der Waals surface area contributed by atoms with Crippen LogP contribution in [0.15, 0.2) is 46.1 Å². The van der Waals surface area contributed by atoms with Crippen LogP contribution in [-0.2, 0) is 10.0 Å². The van der Waals surface area contributed by atoms with Gasteiger partial charge < -0.3 is 4.52 Å². The van der Waals surface area contributed by atoms with Gasteiger partial charge >= 0.3 is 0 Å². The van der Waals surface area contributed by atoms with Gasteiger partial charge in [-0.3, -0.25) is 4.72 Å². The highest BCUT2D eigenvalue weighted by atomic mass is 32.2. The van der Waals surface area contributed by atoms with E-state index < -0.39 is 10.0 Å². The first-order chi connectivity index (χ1) is 8.12. The molecule has 17 heavy (non-hydrogen) atoms. The van der Waals surface area contributed by atoms with Crippen LogP contribution in [0.25, 0.3) is 0 Å². The molecule has 1 aromatic carbocycles. The lowest BCUT2D eigenvalue weighted by molar-refractivity contribution is 0.420. The van der Waals surface area contributed by atoms with Crippen molar-refractivity contribution >= 4 is 15.7 Å². The molecule has 0 bridgehead atoms. The second kappa shape index (κ2) is 4.27. The van der Waals surface area contributed by atoms with Gasteiger partial charge in [-0.15, -0.1) is 0 Å². The van der Waals surface area contributed by atoms with Gasteiger partial charge in [-0.1, -0.05) is 5.16 Å². The number of nitriles is 1. The maximum absolute atomic E-state index is 11.8. The Balaban J connectivity index is 2.29. The predicted molar refractivity (Wildman–Crippen MR) is 58.5 cm³/mol. The van der Waals surface area contributed by atoms with Gasteiger partial charge in [0.05, 0.1) is 22.7 Å². The van der Waals surface area contributed by atoms with Crippen molar-refractivity contribution in [2.24, 2.45) is 0 Å². The average Bonchev–Trinajstić information content (AvgIpc) is 2.81. The number of anilines is 1. The third-order valence-electron chi connectivity index (χ3n) is 1.98. The fourth-order valence-electron chi connectivity index (χ4n) is 1.18. The van der Waals surface area contributed by atoms with E-state index in [-0.39, 0.29) is 10.6 Å². The molecule has 0 saturated heterocycles. The number of sulfonamides is 1. The second-order valence-corrected chi connectivity index (χ2v) is 4.84. The topological polar surface area (TPSA) is 96.0 Å². The molecule has 7 heteroatoms. The highest BCUT2D eigenvalue weighted by molar-refractivity contribution is 7.92. The molecule has 2 aromatic rings. The maximum atomic E-state index is 11.8. The number of hydrogen-bond acceptors (Lipinski definition) is 5. The number of benzene rings is 1. The van der Waals surface area contributed by atoms with E-state index in [1.807, 2.05) is 6.07 Å². The van der Waals surface area contributed by atoms with E-state index in [0.717, 1.165) is 0 Å². The van der Waals surface area contributed by atoms with E-state index in [1.165, 1.54) is 36.7 Å². The Morgan fingerprint density at radius 3 is 2.53 bits per heavy atom. The summed E-state index contributed by atoms with van der Waals surface area (Å²) in [5.74, 6) is 0. The summed E-state index contributed by atoms with van der Waals surface area (Å²) in [6.45, 7) is 0. The van der Waals surface area contributed by atoms with Crippen LogP contribution in [0.5, 0.6) is 0 Å². The summed E-state index contributed by atoms with van der Waals surface area (Å²) in [6, 6.07) is 7.49. The molecule has 0 unspecified atom stereocenters. The molecule has 6 nitrogen and oxygen atoms in total. The highest BCUT2D eigenvalue weighted by Gasteiger charge is 2.14. The molecular formula is C10H7N3O3S. The maximum Gasteiger partial charge on any atom is 0.262 e. The van der Waals surface area contributed by atoms with Crippen LogP contribution in [0.3, 0.4) is 0 Å². The summed E-state index contributed by atoms with van der Waals surface area (Å²) in [4.78, 5) is 0.0673. The minimum atomic E-state index is -3.67. The minimum Gasteiger partial charge on any atom is -0.362 e. The Labute approximate surface area is 97.5 Å². The number of aromatic nitrogens is 1. The monoisotopic (exact) mass is 249 g/mol. The minimum absolute atomic E-state index is 0.0673. The van der Waals surface area contributed by atoms with E-state index in [2.05, 4.69) is 14.4 Å². The molecule has 0 amide bonds. The Morgan fingerprint density at radius 1 is 1.29 bits per heavy atom. The summed E-state index contributed by atoms with van der Waals surface area (Å²) >= 11 is 0. The summed E-state index contributed by atoms with van der Waals surface area (Å²) in [7, 11) is -3.67. The van der Waals surface area contributed by atoms with Crippen LogP contribution in [0.4, 0.5) is 5.69 Å². The van der Waals surface area contributed by atoms with E-state index in [1.54, 1.807) is 0 Å². The molecule has 0 radical (unpaired) electrons. The molecule has 0 saturated carbocycles. The molecule has 0 aliphatic carbocycles. The van der Waals surface area contributed by atoms with Gasteiger partial charge in [-0.2, -0.15) is 5.26 Å². The fourth-order valence-corrected chi connectivity index (χ4v) is 2.20. The van der Waals surface area contributed by atoms with Gasteiger partial charge in [0.25, 0.3) is 10.0 Å². The van der Waals surface area contributed by atoms with Gasteiger partial charge in [0.2, 0.25) is 0 Å². The Kier molecular flexibility index (Phi) is 2.80. The first-order valence-corrected chi connectivity index (χ1v) is 6.02. The van der Waals surface area contributed by atoms with Crippen molar-refractivity contribution in [1.82, 2.24) is 5.16 Å². The zero-order valence-electron chi connectivity index (χ0n) is 8.49. The van der Waals surface area contributed by atoms with E-state index in [9.17, 15) is 8.42 Å². The van der Waals surface area contributed by atoms with Crippen molar-refractivity contribution in [3.05, 3.63) is 42.3 Å². The largest absolute Gasteiger partial charge is 0.362 e. The normalized spacial score (nSPS) is 10.8. The number of nitrogens with one attached hydrogen (secondary N) is 1. The summed E-state index contributed by atoms with van der Waals surface area (Å²) in [5, 5.41) is 12.0. The van der Waals surface area contributed by atoms with E-state index in [0.29, 0.717) is 5.56 Å². The molecule has 2 rings (SSSR count). The lowest BCUT2D eigenvalue weighted by Crippen LogP contribution is -2.12. The van der Waals surface area contributed by atoms with Crippen LogP contribution >= 0.6 is 0 Å². The molecule has 0 spiro atoms. The van der Waals surface area contributed by atoms with Crippen molar-refractivity contribution in [1.29, 1.82) is 5.26 Å². The van der Waals surface area contributed by atoms with Crippen LogP contribution in [0, 0.1) is 11.3 Å². The lowest BCUT2D eigenvalue weighted by atomic mass is 10.2. The third kappa shape index (κ3) is 2.43. The summed E-state index contributed by atoms with van der Waals surface area (Å²) in [5.41, 5.74) is 0.642. The van der Waals surface area contributed by atoms with Crippen molar-refractivity contribution in [3.63, 3.8) is 0 Å². The molecular weight excluding hydrogens is 242 g/mol. The Hall–Kier alpha value is -2.33. The first-order valence-electron chi connectivity index (χ1n) is 4.54. The van der Waals surface area contributed by atoms with Crippen LogP contribution in [0.1, 0.15) is 5.56 Å². The van der Waals surface area contributed by atoms with E-state index in [4.69, 9.17) is 5.26 Å². The number of rotatable bonds is 3. The molecule has 0 aliphatic rings. The van der Waals surface area contributed by atoms with Crippen molar-refractivity contribution in [2.45, 2.75) is 4.90 Å². The van der Waals surface area contributed by atoms with Crippen molar-refractivity contribution < 1.29 is 12.9 Å². The molecule has 1 N–H and O–H groups in total. The molecule has 0 fully saturated rings. The molecule has 0 atom stereocenters. The highest BCUT2D eigenvalue weighted by Crippen LogP contribution is 2.15. The SMILES string of the molecule is N#Cc1ccc(S(=O)(=O)Nc2cnoc2)cc1. The first kappa shape index (κ1) is 11.2. The fraction of sp³-hybridized carbons (Fsp3) is 0. The lowest BCUT2D eigenvalue weighted by Gasteiger charge is -2.04. The van der Waals surface area contributed by atoms with Crippen LogP contribution in [-0.4, -0.2) is 13.6 Å². The Morgan fingerprint density at radius 2 is 2.00 bits per heavy atom. The smallest absolute Gasteiger partial charge is 0.262 e. The van der Waals surface area contributed by atoms with Gasteiger partial charge in [0, 0.05) is 0 Å². The molecule has 1 aromatic heterocycles. The quantitative estimate of drug-likeness (QED) is 0.885. The van der Waals surface area contributed by atoms with Gasteiger partial charge in [-0.25, -0.2) is 8.42 Å². The number of nitrogens with zero attached hydrogens (tertiary/aromatic N) is 2. The van der Waals surface area contributed by atoms with Gasteiger partial charge in [0.15, 0.2) is 0 Å². The van der Waals surface area contributed by atoms with Crippen LogP contribution < -0.4 is 4.72 Å². The molecule has 1 heterocycles. The predicted octanol–water partition coefficient (Wildman–Crippen LogP) is 1.35. The van der Waals surface area contributed by atoms with Crippen LogP contribution in [0.2, 0.25) is 0 Å². The second-order valence-electron chi connectivity index (χ2n) is 3.15. The zero-order valence-corrected chi connectivity index (χ0v) is 9.31. The Bertz CT molecular complexity index is 639. The average molecular weight is 249 g/mol. The molecule has 86 valence electrons.